The minimum Gasteiger partial charge on any atom is -0.388 e. The number of aliphatic hydroxyl groups excluding tert-OH is 1. The number of urea groups is 1. The molecule has 1 heterocycles. The number of hydrogen-bond donors (Lipinski definition) is 3. The minimum atomic E-state index is -0.558. The van der Waals surface area contributed by atoms with Crippen molar-refractivity contribution >= 4 is 6.03 Å². The molecule has 2 amide bonds. The van der Waals surface area contributed by atoms with Gasteiger partial charge in [0.2, 0.25) is 0 Å². The van der Waals surface area contributed by atoms with Crippen LogP contribution in [0.5, 0.6) is 0 Å². The van der Waals surface area contributed by atoms with Crippen LogP contribution >= 0.6 is 0 Å². The van der Waals surface area contributed by atoms with Crippen LogP contribution in [-0.4, -0.2) is 48.3 Å². The van der Waals surface area contributed by atoms with E-state index in [1.807, 2.05) is 37.3 Å². The molecule has 1 aliphatic heterocycles. The molecule has 1 aromatic carbocycles. The minimum absolute atomic E-state index is 0.0870. The van der Waals surface area contributed by atoms with Crippen LogP contribution in [0.2, 0.25) is 0 Å². The first-order valence-corrected chi connectivity index (χ1v) is 9.04. The van der Waals surface area contributed by atoms with Gasteiger partial charge in [-0.3, -0.25) is 0 Å². The number of aliphatic hydroxyl groups is 1. The van der Waals surface area contributed by atoms with Gasteiger partial charge in [-0.1, -0.05) is 37.3 Å². The van der Waals surface area contributed by atoms with Gasteiger partial charge in [-0.05, 0) is 50.8 Å². The van der Waals surface area contributed by atoms with Crippen LogP contribution < -0.4 is 10.6 Å². The van der Waals surface area contributed by atoms with Gasteiger partial charge in [0.05, 0.1) is 6.10 Å². The largest absolute Gasteiger partial charge is 0.388 e. The molecule has 2 rings (SSSR count). The summed E-state index contributed by atoms with van der Waals surface area (Å²) in [6, 6.07) is 9.29. The molecule has 24 heavy (non-hydrogen) atoms. The van der Waals surface area contributed by atoms with Crippen molar-refractivity contribution in [3.8, 4) is 0 Å². The molecule has 0 saturated carbocycles. The molecule has 134 valence electrons. The molecule has 0 aliphatic carbocycles. The molecule has 5 nitrogen and oxygen atoms in total. The van der Waals surface area contributed by atoms with Crippen LogP contribution in [0.4, 0.5) is 4.79 Å². The Hall–Kier alpha value is -1.59. The van der Waals surface area contributed by atoms with Gasteiger partial charge in [-0.2, -0.15) is 0 Å². The van der Waals surface area contributed by atoms with Gasteiger partial charge in [0, 0.05) is 19.1 Å². The predicted molar refractivity (Wildman–Crippen MR) is 96.9 cm³/mol. The molecule has 1 aliphatic rings. The Labute approximate surface area is 145 Å². The highest BCUT2D eigenvalue weighted by atomic mass is 16.3. The number of hydrogen-bond acceptors (Lipinski definition) is 3. The lowest BCUT2D eigenvalue weighted by molar-refractivity contribution is 0.154. The van der Waals surface area contributed by atoms with E-state index in [1.165, 1.54) is 12.8 Å². The van der Waals surface area contributed by atoms with E-state index >= 15 is 0 Å². The van der Waals surface area contributed by atoms with E-state index in [2.05, 4.69) is 22.5 Å². The molecule has 2 atom stereocenters. The average molecular weight is 333 g/mol. The number of nitrogens with one attached hydrogen (secondary N) is 2. The molecule has 3 N–H and O–H groups in total. The highest BCUT2D eigenvalue weighted by Crippen LogP contribution is 2.17. The van der Waals surface area contributed by atoms with E-state index in [0.29, 0.717) is 13.0 Å². The topological polar surface area (TPSA) is 64.6 Å². The number of piperidine rings is 1. The van der Waals surface area contributed by atoms with Crippen molar-refractivity contribution in [2.75, 3.05) is 26.2 Å². The Kier molecular flexibility index (Phi) is 7.53. The summed E-state index contributed by atoms with van der Waals surface area (Å²) in [5.74, 6) is 0.828. The first kappa shape index (κ1) is 18.7. The smallest absolute Gasteiger partial charge is 0.315 e. The van der Waals surface area contributed by atoms with Crippen LogP contribution in [-0.2, 0) is 0 Å². The van der Waals surface area contributed by atoms with Gasteiger partial charge in [0.25, 0.3) is 0 Å². The Morgan fingerprint density at radius 3 is 2.62 bits per heavy atom. The molecule has 1 saturated heterocycles. The summed E-state index contributed by atoms with van der Waals surface area (Å²) >= 11 is 0. The zero-order valence-electron chi connectivity index (χ0n) is 14.9. The molecule has 0 spiro atoms. The third kappa shape index (κ3) is 6.49. The third-order valence-corrected chi connectivity index (χ3v) is 4.73. The van der Waals surface area contributed by atoms with Crippen LogP contribution in [0, 0.1) is 5.92 Å². The number of likely N-dealkylation sites (tertiary alicyclic amines) is 1. The van der Waals surface area contributed by atoms with Gasteiger partial charge in [-0.25, -0.2) is 4.79 Å². The fourth-order valence-electron chi connectivity index (χ4n) is 3.09. The Bertz CT molecular complexity index is 487. The highest BCUT2D eigenvalue weighted by molar-refractivity contribution is 5.74. The van der Waals surface area contributed by atoms with Crippen molar-refractivity contribution in [1.82, 2.24) is 15.5 Å². The molecule has 2 unspecified atom stereocenters. The van der Waals surface area contributed by atoms with Crippen LogP contribution in [0.1, 0.15) is 44.8 Å². The second kappa shape index (κ2) is 9.64. The van der Waals surface area contributed by atoms with Crippen LogP contribution in [0.25, 0.3) is 0 Å². The number of nitrogens with zero attached hydrogens (tertiary/aromatic N) is 1. The van der Waals surface area contributed by atoms with Gasteiger partial charge < -0.3 is 20.6 Å². The average Bonchev–Trinajstić information content (AvgIpc) is 2.57. The summed E-state index contributed by atoms with van der Waals surface area (Å²) in [7, 11) is 0. The molecule has 1 aromatic rings. The van der Waals surface area contributed by atoms with Crippen molar-refractivity contribution in [2.45, 2.75) is 45.3 Å². The van der Waals surface area contributed by atoms with E-state index in [0.717, 1.165) is 31.1 Å². The van der Waals surface area contributed by atoms with E-state index in [-0.39, 0.29) is 12.1 Å². The summed E-state index contributed by atoms with van der Waals surface area (Å²) in [5, 5.41) is 16.0. The SMILES string of the molecule is CC1CCN(CCNC(=O)NC(C)CC(O)c2ccccc2)CC1. The lowest BCUT2D eigenvalue weighted by atomic mass is 9.99. The lowest BCUT2D eigenvalue weighted by Gasteiger charge is -2.30. The van der Waals surface area contributed by atoms with Crippen molar-refractivity contribution < 1.29 is 9.90 Å². The summed E-state index contributed by atoms with van der Waals surface area (Å²) in [4.78, 5) is 14.3. The summed E-state index contributed by atoms with van der Waals surface area (Å²) in [5.41, 5.74) is 0.880. The first-order chi connectivity index (χ1) is 11.5. The Morgan fingerprint density at radius 2 is 1.96 bits per heavy atom. The van der Waals surface area contributed by atoms with Crippen LogP contribution in [0.3, 0.4) is 0 Å². The van der Waals surface area contributed by atoms with Gasteiger partial charge in [0.15, 0.2) is 0 Å². The van der Waals surface area contributed by atoms with Crippen molar-refractivity contribution in [2.24, 2.45) is 5.92 Å². The maximum absolute atomic E-state index is 11.9. The fraction of sp³-hybridized carbons (Fsp3) is 0.632. The first-order valence-electron chi connectivity index (χ1n) is 9.04. The normalized spacial score (nSPS) is 18.8. The summed E-state index contributed by atoms with van der Waals surface area (Å²) in [6.07, 6.45) is 2.44. The molecular weight excluding hydrogens is 302 g/mol. The van der Waals surface area contributed by atoms with Crippen molar-refractivity contribution in [3.63, 3.8) is 0 Å². The standard InChI is InChI=1S/C19H31N3O2/c1-15-8-11-22(12-9-15)13-10-20-19(24)21-16(2)14-18(23)17-6-4-3-5-7-17/h3-7,15-16,18,23H,8-14H2,1-2H3,(H2,20,21,24). The maximum atomic E-state index is 11.9. The van der Waals surface area contributed by atoms with Crippen LogP contribution in [0.15, 0.2) is 30.3 Å². The number of amides is 2. The maximum Gasteiger partial charge on any atom is 0.315 e. The van der Waals surface area contributed by atoms with Crippen molar-refractivity contribution in [1.29, 1.82) is 0 Å². The molecule has 0 bridgehead atoms. The highest BCUT2D eigenvalue weighted by Gasteiger charge is 2.16. The molecule has 0 radical (unpaired) electrons. The quantitative estimate of drug-likeness (QED) is 0.718. The van der Waals surface area contributed by atoms with Gasteiger partial charge in [-0.15, -0.1) is 0 Å². The third-order valence-electron chi connectivity index (χ3n) is 4.73. The fourth-order valence-corrected chi connectivity index (χ4v) is 3.09. The number of rotatable bonds is 7. The van der Waals surface area contributed by atoms with Crippen molar-refractivity contribution in [3.05, 3.63) is 35.9 Å². The lowest BCUT2D eigenvalue weighted by Crippen LogP contribution is -2.45. The predicted octanol–water partition coefficient (Wildman–Crippen LogP) is 2.53. The monoisotopic (exact) mass is 333 g/mol. The molecular formula is C19H31N3O2. The van der Waals surface area contributed by atoms with E-state index in [9.17, 15) is 9.90 Å². The second-order valence-corrected chi connectivity index (χ2v) is 6.99. The number of benzene rings is 1. The second-order valence-electron chi connectivity index (χ2n) is 6.99. The summed E-state index contributed by atoms with van der Waals surface area (Å²) < 4.78 is 0. The Balaban J connectivity index is 1.61. The Morgan fingerprint density at radius 1 is 1.29 bits per heavy atom. The van der Waals surface area contributed by atoms with E-state index in [4.69, 9.17) is 0 Å². The van der Waals surface area contributed by atoms with Gasteiger partial charge >= 0.3 is 6.03 Å². The van der Waals surface area contributed by atoms with Gasteiger partial charge in [0.1, 0.15) is 0 Å². The zero-order valence-corrected chi connectivity index (χ0v) is 14.9. The summed E-state index contributed by atoms with van der Waals surface area (Å²) in [6.45, 7) is 8.04. The number of carbonyl (C=O) groups excluding carboxylic acids is 1. The number of carbonyl (C=O) groups is 1. The van der Waals surface area contributed by atoms with E-state index in [1.54, 1.807) is 0 Å². The molecule has 5 heteroatoms. The molecule has 0 aromatic heterocycles. The zero-order chi connectivity index (χ0) is 17.4. The van der Waals surface area contributed by atoms with E-state index < -0.39 is 6.10 Å². The molecule has 1 fully saturated rings.